The average Bonchev–Trinajstić information content (AvgIpc) is 2.76. The second-order valence-corrected chi connectivity index (χ2v) is 6.41. The molecule has 1 fully saturated rings. The van der Waals surface area contributed by atoms with Crippen LogP contribution in [0.3, 0.4) is 0 Å². The van der Waals surface area contributed by atoms with E-state index in [1.807, 2.05) is 0 Å². The molecular formula is C14H25N3. The minimum Gasteiger partial charge on any atom is -0.263 e. The Labute approximate surface area is 104 Å². The van der Waals surface area contributed by atoms with Crippen molar-refractivity contribution in [2.75, 3.05) is 0 Å². The van der Waals surface area contributed by atoms with Gasteiger partial charge in [0.05, 0.1) is 0 Å². The highest BCUT2D eigenvalue weighted by molar-refractivity contribution is 5.00. The van der Waals surface area contributed by atoms with Gasteiger partial charge >= 0.3 is 0 Å². The van der Waals surface area contributed by atoms with E-state index < -0.39 is 0 Å². The van der Waals surface area contributed by atoms with Gasteiger partial charge in [0.2, 0.25) is 0 Å². The zero-order valence-corrected chi connectivity index (χ0v) is 11.6. The number of nitrogens with one attached hydrogen (secondary N) is 1. The summed E-state index contributed by atoms with van der Waals surface area (Å²) in [6.45, 7) is 9.20. The lowest BCUT2D eigenvalue weighted by Gasteiger charge is -2.36. The topological polar surface area (TPSA) is 41.6 Å². The number of aromatic nitrogens is 3. The van der Waals surface area contributed by atoms with Crippen LogP contribution in [0, 0.1) is 11.3 Å². The molecule has 1 aromatic heterocycles. The van der Waals surface area contributed by atoms with Gasteiger partial charge in [0.25, 0.3) is 0 Å². The molecule has 1 saturated carbocycles. The SMILES string of the molecule is CCc1nc(C2CCC(C(C)(C)C)CC2)n[nH]1. The highest BCUT2D eigenvalue weighted by Gasteiger charge is 2.31. The molecule has 96 valence electrons. The molecule has 0 radical (unpaired) electrons. The molecule has 1 heterocycles. The predicted molar refractivity (Wildman–Crippen MR) is 69.9 cm³/mol. The summed E-state index contributed by atoms with van der Waals surface area (Å²) in [6.07, 6.45) is 6.10. The molecule has 17 heavy (non-hydrogen) atoms. The van der Waals surface area contributed by atoms with Crippen molar-refractivity contribution in [2.24, 2.45) is 11.3 Å². The Balaban J connectivity index is 1.95. The van der Waals surface area contributed by atoms with E-state index in [1.165, 1.54) is 25.7 Å². The fourth-order valence-electron chi connectivity index (χ4n) is 2.87. The smallest absolute Gasteiger partial charge is 0.153 e. The lowest BCUT2D eigenvalue weighted by atomic mass is 9.70. The normalized spacial score (nSPS) is 26.1. The van der Waals surface area contributed by atoms with Gasteiger partial charge in [0, 0.05) is 12.3 Å². The third-order valence-corrected chi connectivity index (χ3v) is 4.20. The standard InChI is InChI=1S/C14H25N3/c1-5-12-15-13(17-16-12)10-6-8-11(9-7-10)14(2,3)4/h10-11H,5-9H2,1-4H3,(H,15,16,17). The van der Waals surface area contributed by atoms with Gasteiger partial charge in [0.1, 0.15) is 5.82 Å². The van der Waals surface area contributed by atoms with Crippen LogP contribution in [0.5, 0.6) is 0 Å². The van der Waals surface area contributed by atoms with Crippen LogP contribution in [0.1, 0.15) is 70.9 Å². The summed E-state index contributed by atoms with van der Waals surface area (Å²) in [5.41, 5.74) is 0.457. The summed E-state index contributed by atoms with van der Waals surface area (Å²) in [5, 5.41) is 7.39. The summed E-state index contributed by atoms with van der Waals surface area (Å²) in [6, 6.07) is 0. The monoisotopic (exact) mass is 235 g/mol. The van der Waals surface area contributed by atoms with Gasteiger partial charge in [-0.3, -0.25) is 5.10 Å². The maximum absolute atomic E-state index is 4.57. The van der Waals surface area contributed by atoms with Crippen LogP contribution in [0.15, 0.2) is 0 Å². The van der Waals surface area contributed by atoms with Crippen molar-refractivity contribution < 1.29 is 0 Å². The van der Waals surface area contributed by atoms with Crippen LogP contribution >= 0.6 is 0 Å². The summed E-state index contributed by atoms with van der Waals surface area (Å²) >= 11 is 0. The van der Waals surface area contributed by atoms with Crippen molar-refractivity contribution in [1.82, 2.24) is 15.2 Å². The maximum atomic E-state index is 4.57. The zero-order valence-electron chi connectivity index (χ0n) is 11.6. The zero-order chi connectivity index (χ0) is 12.5. The Hall–Kier alpha value is -0.860. The molecule has 0 saturated heterocycles. The summed E-state index contributed by atoms with van der Waals surface area (Å²) in [7, 11) is 0. The first-order chi connectivity index (χ1) is 8.00. The van der Waals surface area contributed by atoms with Crippen molar-refractivity contribution in [3.63, 3.8) is 0 Å². The van der Waals surface area contributed by atoms with Gasteiger partial charge in [0.15, 0.2) is 5.82 Å². The molecule has 0 amide bonds. The van der Waals surface area contributed by atoms with E-state index >= 15 is 0 Å². The molecule has 1 N–H and O–H groups in total. The molecule has 0 spiro atoms. The van der Waals surface area contributed by atoms with Crippen molar-refractivity contribution >= 4 is 0 Å². The predicted octanol–water partition coefficient (Wildman–Crippen LogP) is 3.69. The van der Waals surface area contributed by atoms with Crippen molar-refractivity contribution in [2.45, 2.75) is 65.7 Å². The third kappa shape index (κ3) is 2.88. The maximum Gasteiger partial charge on any atom is 0.153 e. The number of H-pyrrole nitrogens is 1. The number of aryl methyl sites for hydroxylation is 1. The summed E-state index contributed by atoms with van der Waals surface area (Å²) in [4.78, 5) is 4.57. The van der Waals surface area contributed by atoms with Crippen LogP contribution in [0.4, 0.5) is 0 Å². The van der Waals surface area contributed by atoms with Gasteiger partial charge in [-0.2, -0.15) is 5.10 Å². The van der Waals surface area contributed by atoms with E-state index in [0.29, 0.717) is 11.3 Å². The first-order valence-corrected chi connectivity index (χ1v) is 6.92. The van der Waals surface area contributed by atoms with Crippen LogP contribution in [0.25, 0.3) is 0 Å². The third-order valence-electron chi connectivity index (χ3n) is 4.20. The average molecular weight is 235 g/mol. The first kappa shape index (κ1) is 12.6. The van der Waals surface area contributed by atoms with Gasteiger partial charge in [-0.05, 0) is 37.0 Å². The summed E-state index contributed by atoms with van der Waals surface area (Å²) in [5.74, 6) is 3.53. The first-order valence-electron chi connectivity index (χ1n) is 6.92. The van der Waals surface area contributed by atoms with E-state index in [0.717, 1.165) is 24.0 Å². The molecule has 0 aromatic carbocycles. The van der Waals surface area contributed by atoms with Crippen molar-refractivity contribution in [3.8, 4) is 0 Å². The highest BCUT2D eigenvalue weighted by atomic mass is 15.2. The Morgan fingerprint density at radius 2 is 1.82 bits per heavy atom. The fraction of sp³-hybridized carbons (Fsp3) is 0.857. The summed E-state index contributed by atoms with van der Waals surface area (Å²) < 4.78 is 0. The van der Waals surface area contributed by atoms with E-state index in [9.17, 15) is 0 Å². The van der Waals surface area contributed by atoms with Gasteiger partial charge in [-0.15, -0.1) is 0 Å². The second-order valence-electron chi connectivity index (χ2n) is 6.41. The van der Waals surface area contributed by atoms with Crippen LogP contribution in [-0.4, -0.2) is 15.2 Å². The number of hydrogen-bond donors (Lipinski definition) is 1. The van der Waals surface area contributed by atoms with Gasteiger partial charge < -0.3 is 0 Å². The molecule has 3 heteroatoms. The molecule has 3 nitrogen and oxygen atoms in total. The number of hydrogen-bond acceptors (Lipinski definition) is 2. The van der Waals surface area contributed by atoms with E-state index in [-0.39, 0.29) is 0 Å². The molecule has 2 rings (SSSR count). The molecule has 1 aliphatic carbocycles. The van der Waals surface area contributed by atoms with Gasteiger partial charge in [-0.25, -0.2) is 4.98 Å². The minimum atomic E-state index is 0.457. The molecule has 0 atom stereocenters. The number of aromatic amines is 1. The molecule has 1 aromatic rings. The molecular weight excluding hydrogens is 210 g/mol. The fourth-order valence-corrected chi connectivity index (χ4v) is 2.87. The largest absolute Gasteiger partial charge is 0.263 e. The minimum absolute atomic E-state index is 0.457. The molecule has 0 bridgehead atoms. The molecule has 0 unspecified atom stereocenters. The van der Waals surface area contributed by atoms with Crippen LogP contribution in [0.2, 0.25) is 0 Å². The molecule has 1 aliphatic rings. The Morgan fingerprint density at radius 3 is 2.29 bits per heavy atom. The highest BCUT2D eigenvalue weighted by Crippen LogP contribution is 2.42. The van der Waals surface area contributed by atoms with E-state index in [1.54, 1.807) is 0 Å². The molecule has 0 aliphatic heterocycles. The Morgan fingerprint density at radius 1 is 1.18 bits per heavy atom. The number of nitrogens with zero attached hydrogens (tertiary/aromatic N) is 2. The van der Waals surface area contributed by atoms with E-state index in [2.05, 4.69) is 42.9 Å². The van der Waals surface area contributed by atoms with Crippen LogP contribution < -0.4 is 0 Å². The van der Waals surface area contributed by atoms with Crippen molar-refractivity contribution in [3.05, 3.63) is 11.6 Å². The Kier molecular flexibility index (Phi) is 3.55. The second kappa shape index (κ2) is 4.79. The lowest BCUT2D eigenvalue weighted by molar-refractivity contribution is 0.167. The van der Waals surface area contributed by atoms with E-state index in [4.69, 9.17) is 0 Å². The quantitative estimate of drug-likeness (QED) is 0.849. The number of rotatable bonds is 2. The Bertz CT molecular complexity index is 354. The van der Waals surface area contributed by atoms with Crippen molar-refractivity contribution in [1.29, 1.82) is 0 Å². The lowest BCUT2D eigenvalue weighted by Crippen LogP contribution is -2.25. The van der Waals surface area contributed by atoms with Crippen LogP contribution in [-0.2, 0) is 6.42 Å². The van der Waals surface area contributed by atoms with Gasteiger partial charge in [-0.1, -0.05) is 27.7 Å².